The molecule has 0 aliphatic heterocycles. The van der Waals surface area contributed by atoms with Crippen LogP contribution in [0.5, 0.6) is 5.88 Å². The molecule has 0 amide bonds. The van der Waals surface area contributed by atoms with Crippen LogP contribution in [0.3, 0.4) is 0 Å². The maximum absolute atomic E-state index is 13.4. The van der Waals surface area contributed by atoms with Gasteiger partial charge in [0.2, 0.25) is 21.9 Å². The third kappa shape index (κ3) is 5.33. The molecule has 190 valence electrons. The Bertz CT molecular complexity index is 1430. The number of hydrogen-bond donors (Lipinski definition) is 1. The second-order valence-corrected chi connectivity index (χ2v) is 10.1. The zero-order chi connectivity index (χ0) is 25.9. The van der Waals surface area contributed by atoms with Crippen molar-refractivity contribution in [2.45, 2.75) is 38.7 Å². The largest absolute Gasteiger partial charge is 0.481 e. The number of ether oxygens (including phenoxy) is 2. The molecule has 2 unspecified atom stereocenters. The van der Waals surface area contributed by atoms with E-state index < -0.39 is 21.4 Å². The van der Waals surface area contributed by atoms with Crippen molar-refractivity contribution in [1.82, 2.24) is 34.9 Å². The number of sulfonamides is 1. The van der Waals surface area contributed by atoms with Gasteiger partial charge in [0, 0.05) is 25.4 Å². The summed E-state index contributed by atoms with van der Waals surface area (Å²) in [5.41, 5.74) is 2.20. The highest BCUT2D eigenvalue weighted by Crippen LogP contribution is 2.27. The zero-order valence-electron chi connectivity index (χ0n) is 20.4. The molecule has 4 aromatic heterocycles. The Labute approximate surface area is 208 Å². The Hall–Kier alpha value is -3.91. The fourth-order valence-corrected chi connectivity index (χ4v) is 4.67. The summed E-state index contributed by atoms with van der Waals surface area (Å²) in [5, 5.41) is 11.1. The van der Waals surface area contributed by atoms with Gasteiger partial charge >= 0.3 is 0 Å². The molecular formula is C22H26N8O5S. The molecule has 0 bridgehead atoms. The van der Waals surface area contributed by atoms with Crippen LogP contribution in [0.2, 0.25) is 0 Å². The summed E-state index contributed by atoms with van der Waals surface area (Å²) in [6.45, 7) is 5.19. The Balaban J connectivity index is 1.70. The van der Waals surface area contributed by atoms with Gasteiger partial charge < -0.3 is 14.0 Å². The van der Waals surface area contributed by atoms with Gasteiger partial charge in [0.25, 0.3) is 0 Å². The van der Waals surface area contributed by atoms with Gasteiger partial charge in [0.15, 0.2) is 11.6 Å². The molecule has 36 heavy (non-hydrogen) atoms. The molecule has 0 aliphatic rings. The maximum atomic E-state index is 13.4. The van der Waals surface area contributed by atoms with Crippen LogP contribution in [0.1, 0.15) is 35.9 Å². The van der Waals surface area contributed by atoms with Crippen LogP contribution in [-0.2, 0) is 21.3 Å². The number of anilines is 1. The lowest BCUT2D eigenvalue weighted by atomic mass is 10.2. The second kappa shape index (κ2) is 10.4. The second-order valence-electron chi connectivity index (χ2n) is 8.02. The van der Waals surface area contributed by atoms with Crippen molar-refractivity contribution in [3.63, 3.8) is 0 Å². The number of aromatic nitrogens is 7. The number of nitrogens with one attached hydrogen (secondary N) is 1. The van der Waals surface area contributed by atoms with E-state index in [-0.39, 0.29) is 12.5 Å². The van der Waals surface area contributed by atoms with Crippen LogP contribution in [0.15, 0.2) is 41.2 Å². The highest BCUT2D eigenvalue weighted by molar-refractivity contribution is 7.93. The monoisotopic (exact) mass is 514 g/mol. The first-order valence-corrected chi connectivity index (χ1v) is 12.5. The molecule has 0 saturated carbocycles. The molecule has 0 saturated heterocycles. The van der Waals surface area contributed by atoms with Gasteiger partial charge in [0.05, 0.1) is 36.9 Å². The standard InChI is InChI=1S/C22H26N8O5S/c1-13-9-16(35-28-13)12-30-21(17-7-6-8-19(25-17)33-4)26-27-22(30)29-36(31,32)15(3)20(34-5)18-11-23-14(2)10-24-18/h6-11,15,20H,12H2,1-5H3,(H,27,29). The predicted octanol–water partition coefficient (Wildman–Crippen LogP) is 2.31. The van der Waals surface area contributed by atoms with Crippen molar-refractivity contribution in [3.05, 3.63) is 59.5 Å². The summed E-state index contributed by atoms with van der Waals surface area (Å²) >= 11 is 0. The van der Waals surface area contributed by atoms with E-state index in [1.165, 1.54) is 27.3 Å². The van der Waals surface area contributed by atoms with Crippen molar-refractivity contribution >= 4 is 16.0 Å². The number of hydrogen-bond acceptors (Lipinski definition) is 11. The molecular weight excluding hydrogens is 488 g/mol. The van der Waals surface area contributed by atoms with Crippen molar-refractivity contribution in [1.29, 1.82) is 0 Å². The number of nitrogens with zero attached hydrogens (tertiary/aromatic N) is 7. The first-order chi connectivity index (χ1) is 17.2. The molecule has 4 aromatic rings. The average Bonchev–Trinajstić information content (AvgIpc) is 3.46. The molecule has 14 heteroatoms. The average molecular weight is 515 g/mol. The number of rotatable bonds is 10. The lowest BCUT2D eigenvalue weighted by molar-refractivity contribution is 0.0985. The SMILES string of the molecule is COc1cccc(-c2nnc(NS(=O)(=O)C(C)C(OC)c3cnc(C)cn3)n2Cc2cc(C)no2)n1. The van der Waals surface area contributed by atoms with E-state index in [1.54, 1.807) is 48.9 Å². The van der Waals surface area contributed by atoms with E-state index in [0.29, 0.717) is 40.2 Å². The van der Waals surface area contributed by atoms with E-state index in [1.807, 2.05) is 0 Å². The lowest BCUT2D eigenvalue weighted by Gasteiger charge is -2.22. The van der Waals surface area contributed by atoms with Gasteiger partial charge in [-0.3, -0.25) is 19.3 Å². The molecule has 0 radical (unpaired) electrons. The van der Waals surface area contributed by atoms with E-state index in [9.17, 15) is 8.42 Å². The van der Waals surface area contributed by atoms with E-state index in [0.717, 1.165) is 0 Å². The van der Waals surface area contributed by atoms with Gasteiger partial charge in [-0.15, -0.1) is 10.2 Å². The summed E-state index contributed by atoms with van der Waals surface area (Å²) in [5.74, 6) is 1.13. The Kier molecular flexibility index (Phi) is 7.26. The highest BCUT2D eigenvalue weighted by atomic mass is 32.2. The van der Waals surface area contributed by atoms with Gasteiger partial charge in [0.1, 0.15) is 17.0 Å². The third-order valence-electron chi connectivity index (χ3n) is 5.40. The number of pyridine rings is 1. The van der Waals surface area contributed by atoms with Gasteiger partial charge in [-0.2, -0.15) is 0 Å². The molecule has 1 N–H and O–H groups in total. The van der Waals surface area contributed by atoms with Gasteiger partial charge in [-0.25, -0.2) is 13.4 Å². The minimum Gasteiger partial charge on any atom is -0.481 e. The van der Waals surface area contributed by atoms with Crippen LogP contribution in [-0.4, -0.2) is 62.8 Å². The minimum absolute atomic E-state index is 0.0274. The first kappa shape index (κ1) is 25.2. The summed E-state index contributed by atoms with van der Waals surface area (Å²) < 4.78 is 46.9. The first-order valence-electron chi connectivity index (χ1n) is 10.9. The van der Waals surface area contributed by atoms with Crippen LogP contribution < -0.4 is 9.46 Å². The smallest absolute Gasteiger partial charge is 0.240 e. The van der Waals surface area contributed by atoms with Crippen molar-refractivity contribution < 1.29 is 22.4 Å². The van der Waals surface area contributed by atoms with Crippen molar-refractivity contribution in [2.24, 2.45) is 0 Å². The molecule has 0 fully saturated rings. The van der Waals surface area contributed by atoms with Crippen LogP contribution in [0, 0.1) is 13.8 Å². The summed E-state index contributed by atoms with van der Waals surface area (Å²) in [6.07, 6.45) is 2.18. The van der Waals surface area contributed by atoms with Gasteiger partial charge in [-0.05, 0) is 26.8 Å². The maximum Gasteiger partial charge on any atom is 0.240 e. The lowest BCUT2D eigenvalue weighted by Crippen LogP contribution is -2.33. The van der Waals surface area contributed by atoms with Crippen molar-refractivity contribution in [3.8, 4) is 17.4 Å². The Morgan fingerprint density at radius 2 is 1.92 bits per heavy atom. The van der Waals surface area contributed by atoms with E-state index in [4.69, 9.17) is 14.0 Å². The Morgan fingerprint density at radius 3 is 2.56 bits per heavy atom. The highest BCUT2D eigenvalue weighted by Gasteiger charge is 2.34. The minimum atomic E-state index is -4.03. The number of methoxy groups -OCH3 is 2. The molecule has 0 aliphatic carbocycles. The predicted molar refractivity (Wildman–Crippen MR) is 129 cm³/mol. The van der Waals surface area contributed by atoms with E-state index in [2.05, 4.69) is 35.0 Å². The quantitative estimate of drug-likeness (QED) is 0.331. The summed E-state index contributed by atoms with van der Waals surface area (Å²) in [4.78, 5) is 12.9. The molecule has 0 aromatic carbocycles. The summed E-state index contributed by atoms with van der Waals surface area (Å²) in [7, 11) is -1.12. The van der Waals surface area contributed by atoms with Crippen LogP contribution in [0.25, 0.3) is 11.5 Å². The van der Waals surface area contributed by atoms with Crippen LogP contribution >= 0.6 is 0 Å². The Morgan fingerprint density at radius 1 is 1.11 bits per heavy atom. The molecule has 13 nitrogen and oxygen atoms in total. The number of aryl methyl sites for hydroxylation is 2. The fraction of sp³-hybridized carbons (Fsp3) is 0.364. The molecule has 4 heterocycles. The zero-order valence-corrected chi connectivity index (χ0v) is 21.2. The van der Waals surface area contributed by atoms with Crippen molar-refractivity contribution in [2.75, 3.05) is 18.9 Å². The summed E-state index contributed by atoms with van der Waals surface area (Å²) in [6, 6.07) is 6.89. The van der Waals surface area contributed by atoms with E-state index >= 15 is 0 Å². The molecule has 4 rings (SSSR count). The third-order valence-corrected chi connectivity index (χ3v) is 7.09. The normalized spacial score (nSPS) is 13.4. The van der Waals surface area contributed by atoms with Gasteiger partial charge in [-0.1, -0.05) is 11.2 Å². The molecule has 0 spiro atoms. The van der Waals surface area contributed by atoms with Crippen LogP contribution in [0.4, 0.5) is 5.95 Å². The fourth-order valence-electron chi connectivity index (χ4n) is 3.50. The molecule has 2 atom stereocenters. The topological polar surface area (TPSA) is 160 Å².